The summed E-state index contributed by atoms with van der Waals surface area (Å²) >= 11 is 0. The molecule has 0 amide bonds. The molecule has 0 fully saturated rings. The van der Waals surface area contributed by atoms with E-state index in [-0.39, 0.29) is 5.92 Å². The number of hydrogen-bond donors (Lipinski definition) is 0. The van der Waals surface area contributed by atoms with Crippen LogP contribution in [0, 0.1) is 5.92 Å². The molecule has 0 bridgehead atoms. The van der Waals surface area contributed by atoms with E-state index in [4.69, 9.17) is 14.2 Å². The molecule has 94 valence electrons. The number of carbonyl (C=O) groups is 2. The molecule has 0 N–H and O–H groups in total. The molecule has 0 aromatic carbocycles. The van der Waals surface area contributed by atoms with E-state index in [0.29, 0.717) is 0 Å². The molecule has 0 saturated carbocycles. The molecule has 5 nitrogen and oxygen atoms in total. The van der Waals surface area contributed by atoms with Crippen LogP contribution in [0.5, 0.6) is 0 Å². The molecular weight excluding hydrogens is 212 g/mol. The maximum atomic E-state index is 11.3. The van der Waals surface area contributed by atoms with Crippen LogP contribution in [0.2, 0.25) is 0 Å². The Kier molecular flexibility index (Phi) is 5.27. The van der Waals surface area contributed by atoms with Gasteiger partial charge in [-0.3, -0.25) is 4.79 Å². The van der Waals surface area contributed by atoms with Crippen LogP contribution in [0.15, 0.2) is 0 Å². The fourth-order valence-corrected chi connectivity index (χ4v) is 0.829. The molecular formula is C11H20O5. The lowest BCUT2D eigenvalue weighted by Gasteiger charge is -2.24. The third kappa shape index (κ3) is 7.09. The predicted molar refractivity (Wildman–Crippen MR) is 57.7 cm³/mol. The lowest BCUT2D eigenvalue weighted by molar-refractivity contribution is -0.179. The SMILES string of the molecule is CC(=O)O[C@@H](OC(=O)OC(C)(C)C)C(C)C. The van der Waals surface area contributed by atoms with E-state index < -0.39 is 24.0 Å². The second-order valence-corrected chi connectivity index (χ2v) is 4.80. The van der Waals surface area contributed by atoms with Crippen LogP contribution in [0.1, 0.15) is 41.5 Å². The van der Waals surface area contributed by atoms with Gasteiger partial charge in [0, 0.05) is 12.8 Å². The number of ether oxygens (including phenoxy) is 3. The van der Waals surface area contributed by atoms with E-state index in [0.717, 1.165) is 0 Å². The average molecular weight is 232 g/mol. The Hall–Kier alpha value is -1.26. The van der Waals surface area contributed by atoms with Gasteiger partial charge in [0.15, 0.2) is 0 Å². The molecule has 0 aliphatic carbocycles. The van der Waals surface area contributed by atoms with Crippen molar-refractivity contribution in [2.24, 2.45) is 5.92 Å². The monoisotopic (exact) mass is 232 g/mol. The van der Waals surface area contributed by atoms with E-state index >= 15 is 0 Å². The zero-order chi connectivity index (χ0) is 12.9. The molecule has 0 aliphatic rings. The Morgan fingerprint density at radius 2 is 1.56 bits per heavy atom. The van der Waals surface area contributed by atoms with Gasteiger partial charge in [0.25, 0.3) is 6.29 Å². The van der Waals surface area contributed by atoms with E-state index in [9.17, 15) is 9.59 Å². The lowest BCUT2D eigenvalue weighted by atomic mass is 10.2. The summed E-state index contributed by atoms with van der Waals surface area (Å²) in [7, 11) is 0. The summed E-state index contributed by atoms with van der Waals surface area (Å²) < 4.78 is 14.7. The fraction of sp³-hybridized carbons (Fsp3) is 0.818. The number of esters is 1. The average Bonchev–Trinajstić information content (AvgIpc) is 1.97. The largest absolute Gasteiger partial charge is 0.511 e. The Labute approximate surface area is 96.1 Å². The van der Waals surface area contributed by atoms with Crippen molar-refractivity contribution in [2.45, 2.75) is 53.4 Å². The Bertz CT molecular complexity index is 252. The van der Waals surface area contributed by atoms with Gasteiger partial charge in [-0.05, 0) is 20.8 Å². The minimum Gasteiger partial charge on any atom is -0.428 e. The Morgan fingerprint density at radius 3 is 1.88 bits per heavy atom. The van der Waals surface area contributed by atoms with Crippen molar-refractivity contribution in [3.05, 3.63) is 0 Å². The van der Waals surface area contributed by atoms with Gasteiger partial charge in [-0.1, -0.05) is 13.8 Å². The van der Waals surface area contributed by atoms with E-state index in [1.807, 2.05) is 0 Å². The number of rotatable bonds is 3. The third-order valence-electron chi connectivity index (χ3n) is 1.43. The van der Waals surface area contributed by atoms with Gasteiger partial charge in [0.05, 0.1) is 0 Å². The first-order valence-electron chi connectivity index (χ1n) is 5.18. The van der Waals surface area contributed by atoms with Crippen LogP contribution in [0.3, 0.4) is 0 Å². The topological polar surface area (TPSA) is 61.8 Å². The second-order valence-electron chi connectivity index (χ2n) is 4.80. The highest BCUT2D eigenvalue weighted by Crippen LogP contribution is 2.13. The maximum Gasteiger partial charge on any atom is 0.511 e. The van der Waals surface area contributed by atoms with Crippen LogP contribution in [0.25, 0.3) is 0 Å². The van der Waals surface area contributed by atoms with E-state index in [2.05, 4.69) is 0 Å². The van der Waals surface area contributed by atoms with Crippen molar-refractivity contribution < 1.29 is 23.8 Å². The maximum absolute atomic E-state index is 11.3. The third-order valence-corrected chi connectivity index (χ3v) is 1.43. The summed E-state index contributed by atoms with van der Waals surface area (Å²) in [5, 5.41) is 0. The second kappa shape index (κ2) is 5.72. The lowest BCUT2D eigenvalue weighted by Crippen LogP contribution is -2.32. The van der Waals surface area contributed by atoms with Crippen LogP contribution in [0.4, 0.5) is 4.79 Å². The fourth-order valence-electron chi connectivity index (χ4n) is 0.829. The minimum absolute atomic E-state index is 0.128. The first kappa shape index (κ1) is 14.7. The summed E-state index contributed by atoms with van der Waals surface area (Å²) in [6, 6.07) is 0. The highest BCUT2D eigenvalue weighted by molar-refractivity contribution is 5.66. The van der Waals surface area contributed by atoms with Gasteiger partial charge in [0.2, 0.25) is 0 Å². The van der Waals surface area contributed by atoms with Crippen molar-refractivity contribution in [1.82, 2.24) is 0 Å². The highest BCUT2D eigenvalue weighted by Gasteiger charge is 2.25. The standard InChI is InChI=1S/C11H20O5/c1-7(2)9(14-8(3)12)15-10(13)16-11(4,5)6/h7,9H,1-6H3/t9-/m0/s1. The van der Waals surface area contributed by atoms with Gasteiger partial charge in [-0.15, -0.1) is 0 Å². The van der Waals surface area contributed by atoms with Gasteiger partial charge >= 0.3 is 12.1 Å². The molecule has 0 heterocycles. The summed E-state index contributed by atoms with van der Waals surface area (Å²) in [4.78, 5) is 22.1. The molecule has 0 unspecified atom stereocenters. The summed E-state index contributed by atoms with van der Waals surface area (Å²) in [6.07, 6.45) is -1.75. The molecule has 0 aromatic rings. The van der Waals surface area contributed by atoms with Gasteiger partial charge < -0.3 is 14.2 Å². The summed E-state index contributed by atoms with van der Waals surface area (Å²) in [6.45, 7) is 9.99. The molecule has 0 rings (SSSR count). The van der Waals surface area contributed by atoms with Crippen molar-refractivity contribution in [2.75, 3.05) is 0 Å². The zero-order valence-electron chi connectivity index (χ0n) is 10.7. The molecule has 0 saturated heterocycles. The number of hydrogen-bond acceptors (Lipinski definition) is 5. The quantitative estimate of drug-likeness (QED) is 0.552. The minimum atomic E-state index is -0.910. The van der Waals surface area contributed by atoms with Crippen molar-refractivity contribution in [3.8, 4) is 0 Å². The molecule has 0 spiro atoms. The summed E-state index contributed by atoms with van der Waals surface area (Å²) in [5.74, 6) is -0.626. The van der Waals surface area contributed by atoms with Crippen molar-refractivity contribution >= 4 is 12.1 Å². The Morgan fingerprint density at radius 1 is 1.06 bits per heavy atom. The smallest absolute Gasteiger partial charge is 0.428 e. The van der Waals surface area contributed by atoms with E-state index in [1.165, 1.54) is 6.92 Å². The van der Waals surface area contributed by atoms with Gasteiger partial charge in [-0.25, -0.2) is 4.79 Å². The molecule has 0 radical (unpaired) electrons. The molecule has 16 heavy (non-hydrogen) atoms. The molecule has 0 aromatic heterocycles. The van der Waals surface area contributed by atoms with E-state index in [1.54, 1.807) is 34.6 Å². The highest BCUT2D eigenvalue weighted by atomic mass is 16.8. The van der Waals surface area contributed by atoms with Gasteiger partial charge in [0.1, 0.15) is 5.60 Å². The normalized spacial score (nSPS) is 13.2. The first-order valence-corrected chi connectivity index (χ1v) is 5.18. The molecule has 5 heteroatoms. The van der Waals surface area contributed by atoms with Gasteiger partial charge in [-0.2, -0.15) is 0 Å². The van der Waals surface area contributed by atoms with Crippen LogP contribution in [-0.4, -0.2) is 24.0 Å². The zero-order valence-corrected chi connectivity index (χ0v) is 10.7. The summed E-state index contributed by atoms with van der Waals surface area (Å²) in [5.41, 5.74) is -0.630. The van der Waals surface area contributed by atoms with Crippen LogP contribution < -0.4 is 0 Å². The number of carbonyl (C=O) groups excluding carboxylic acids is 2. The predicted octanol–water partition coefficient (Wildman–Crippen LogP) is 2.48. The first-order chi connectivity index (χ1) is 7.11. The Balaban J connectivity index is 4.30. The van der Waals surface area contributed by atoms with Crippen LogP contribution in [-0.2, 0) is 19.0 Å². The van der Waals surface area contributed by atoms with Crippen LogP contribution >= 0.6 is 0 Å². The molecule has 1 atom stereocenters. The van der Waals surface area contributed by atoms with Crippen molar-refractivity contribution in [1.29, 1.82) is 0 Å². The molecule has 0 aliphatic heterocycles. The van der Waals surface area contributed by atoms with Crippen molar-refractivity contribution in [3.63, 3.8) is 0 Å².